The van der Waals surface area contributed by atoms with Gasteiger partial charge in [-0.25, -0.2) is 4.79 Å². The van der Waals surface area contributed by atoms with Gasteiger partial charge in [0.25, 0.3) is 0 Å². The Morgan fingerprint density at radius 1 is 1.56 bits per heavy atom. The Labute approximate surface area is 95.1 Å². The lowest BCUT2D eigenvalue weighted by molar-refractivity contribution is -0.148. The molecule has 0 spiro atoms. The molecule has 0 radical (unpaired) electrons. The smallest absolute Gasteiger partial charge is 0.334 e. The Morgan fingerprint density at radius 3 is 2.44 bits per heavy atom. The van der Waals surface area contributed by atoms with Crippen molar-refractivity contribution in [3.63, 3.8) is 0 Å². The van der Waals surface area contributed by atoms with E-state index in [1.54, 1.807) is 6.92 Å². The number of nitrogens with two attached hydrogens (primary N) is 1. The van der Waals surface area contributed by atoms with Gasteiger partial charge in [-0.1, -0.05) is 6.92 Å². The monoisotopic (exact) mass is 232 g/mol. The van der Waals surface area contributed by atoms with Crippen molar-refractivity contribution in [2.24, 2.45) is 11.1 Å². The summed E-state index contributed by atoms with van der Waals surface area (Å²) in [6, 6.07) is 0. The van der Waals surface area contributed by atoms with Gasteiger partial charge in [0.15, 0.2) is 6.10 Å². The zero-order valence-corrected chi connectivity index (χ0v) is 9.95. The molecule has 0 rings (SSSR count). The summed E-state index contributed by atoms with van der Waals surface area (Å²) in [6.07, 6.45) is -0.428. The minimum Gasteiger partial charge on any atom is -0.479 e. The second kappa shape index (κ2) is 6.44. The number of ether oxygens (including phenoxy) is 1. The normalized spacial score (nSPS) is 16.2. The molecule has 6 heteroatoms. The molecule has 1 amide bonds. The van der Waals surface area contributed by atoms with Crippen LogP contribution in [0.4, 0.5) is 0 Å². The van der Waals surface area contributed by atoms with E-state index in [9.17, 15) is 9.59 Å². The second-order valence-corrected chi connectivity index (χ2v) is 3.89. The van der Waals surface area contributed by atoms with Crippen molar-refractivity contribution in [1.82, 2.24) is 5.32 Å². The summed E-state index contributed by atoms with van der Waals surface area (Å²) in [7, 11) is 1.28. The van der Waals surface area contributed by atoms with Crippen LogP contribution in [0.25, 0.3) is 0 Å². The molecule has 0 aliphatic heterocycles. The zero-order valence-electron chi connectivity index (χ0n) is 9.95. The van der Waals surface area contributed by atoms with Crippen LogP contribution in [-0.4, -0.2) is 43.3 Å². The van der Waals surface area contributed by atoms with Gasteiger partial charge >= 0.3 is 5.97 Å². The fourth-order valence-corrected chi connectivity index (χ4v) is 1.07. The van der Waals surface area contributed by atoms with Crippen molar-refractivity contribution >= 4 is 11.9 Å². The molecule has 0 aromatic heterocycles. The molecular weight excluding hydrogens is 212 g/mol. The van der Waals surface area contributed by atoms with Crippen LogP contribution in [0.2, 0.25) is 0 Å². The highest BCUT2D eigenvalue weighted by Crippen LogP contribution is 2.18. The number of hydrogen-bond acceptors (Lipinski definition) is 4. The molecule has 6 nitrogen and oxygen atoms in total. The molecule has 0 saturated heterocycles. The third-order valence-electron chi connectivity index (χ3n) is 2.79. The van der Waals surface area contributed by atoms with Crippen LogP contribution >= 0.6 is 0 Å². The largest absolute Gasteiger partial charge is 0.479 e. The molecule has 0 fully saturated rings. The van der Waals surface area contributed by atoms with Gasteiger partial charge in [-0.3, -0.25) is 4.79 Å². The number of carboxylic acids is 1. The average Bonchev–Trinajstić information content (AvgIpc) is 2.28. The fraction of sp³-hybridized carbons (Fsp3) is 0.800. The molecule has 0 aromatic carbocycles. The van der Waals surface area contributed by atoms with Crippen molar-refractivity contribution in [2.75, 3.05) is 20.2 Å². The summed E-state index contributed by atoms with van der Waals surface area (Å²) in [5.41, 5.74) is 4.85. The lowest BCUT2D eigenvalue weighted by Gasteiger charge is -2.25. The Balaban J connectivity index is 4.30. The molecule has 0 aliphatic rings. The van der Waals surface area contributed by atoms with E-state index < -0.39 is 17.5 Å². The van der Waals surface area contributed by atoms with Crippen LogP contribution in [0.3, 0.4) is 0 Å². The van der Waals surface area contributed by atoms with E-state index in [2.05, 4.69) is 5.32 Å². The summed E-state index contributed by atoms with van der Waals surface area (Å²) in [6.45, 7) is 3.77. The number of carboxylic acid groups (broad SMARTS) is 1. The number of methoxy groups -OCH3 is 1. The molecule has 2 atom stereocenters. The van der Waals surface area contributed by atoms with E-state index in [-0.39, 0.29) is 19.0 Å². The van der Waals surface area contributed by atoms with Crippen LogP contribution in [-0.2, 0) is 14.3 Å². The summed E-state index contributed by atoms with van der Waals surface area (Å²) < 4.78 is 4.70. The van der Waals surface area contributed by atoms with Crippen LogP contribution in [0.15, 0.2) is 0 Å². The van der Waals surface area contributed by atoms with Gasteiger partial charge in [0.05, 0.1) is 12.0 Å². The van der Waals surface area contributed by atoms with Gasteiger partial charge in [0.2, 0.25) is 5.91 Å². The second-order valence-electron chi connectivity index (χ2n) is 3.89. The number of hydrogen-bond donors (Lipinski definition) is 3. The summed E-state index contributed by atoms with van der Waals surface area (Å²) in [5, 5.41) is 11.2. The minimum absolute atomic E-state index is 0.0553. The van der Waals surface area contributed by atoms with Gasteiger partial charge < -0.3 is 20.9 Å². The molecule has 0 heterocycles. The highest BCUT2D eigenvalue weighted by Gasteiger charge is 2.30. The van der Waals surface area contributed by atoms with E-state index in [1.165, 1.54) is 7.11 Å². The van der Waals surface area contributed by atoms with E-state index in [4.69, 9.17) is 15.6 Å². The van der Waals surface area contributed by atoms with Gasteiger partial charge in [-0.15, -0.1) is 0 Å². The van der Waals surface area contributed by atoms with Crippen LogP contribution in [0, 0.1) is 5.41 Å². The van der Waals surface area contributed by atoms with Gasteiger partial charge in [-0.05, 0) is 13.3 Å². The Kier molecular flexibility index (Phi) is 5.98. The first kappa shape index (κ1) is 14.9. The number of nitrogens with one attached hydrogen (secondary N) is 1. The van der Waals surface area contributed by atoms with Gasteiger partial charge in [0.1, 0.15) is 0 Å². The molecule has 16 heavy (non-hydrogen) atoms. The van der Waals surface area contributed by atoms with Crippen molar-refractivity contribution in [2.45, 2.75) is 26.4 Å². The molecule has 0 saturated carbocycles. The van der Waals surface area contributed by atoms with Gasteiger partial charge in [-0.2, -0.15) is 0 Å². The maximum absolute atomic E-state index is 11.7. The average molecular weight is 232 g/mol. The molecule has 4 N–H and O–H groups in total. The molecule has 0 aromatic rings. The summed E-state index contributed by atoms with van der Waals surface area (Å²) in [5.74, 6) is -1.35. The topological polar surface area (TPSA) is 102 Å². The first-order chi connectivity index (χ1) is 7.41. The predicted octanol–water partition coefficient (Wildman–Crippen LogP) is -0.423. The molecule has 0 bridgehead atoms. The SMILES string of the molecule is CCC(C)(CN)C(=O)NCC(OC)C(=O)O. The number of amides is 1. The minimum atomic E-state index is -1.10. The van der Waals surface area contributed by atoms with Crippen LogP contribution in [0.1, 0.15) is 20.3 Å². The zero-order chi connectivity index (χ0) is 12.8. The molecule has 94 valence electrons. The highest BCUT2D eigenvalue weighted by molar-refractivity contribution is 5.83. The Morgan fingerprint density at radius 2 is 2.12 bits per heavy atom. The molecular formula is C10H20N2O4. The van der Waals surface area contributed by atoms with Crippen molar-refractivity contribution in [1.29, 1.82) is 0 Å². The van der Waals surface area contributed by atoms with E-state index >= 15 is 0 Å². The lowest BCUT2D eigenvalue weighted by Crippen LogP contribution is -2.47. The summed E-state index contributed by atoms with van der Waals surface area (Å²) in [4.78, 5) is 22.4. The predicted molar refractivity (Wildman–Crippen MR) is 58.9 cm³/mol. The van der Waals surface area contributed by atoms with E-state index in [1.807, 2.05) is 6.92 Å². The Hall–Kier alpha value is -1.14. The number of carbonyl (C=O) groups excluding carboxylic acids is 1. The third kappa shape index (κ3) is 3.79. The number of carbonyl (C=O) groups is 2. The highest BCUT2D eigenvalue weighted by atomic mass is 16.5. The molecule has 0 aliphatic carbocycles. The quantitative estimate of drug-likeness (QED) is 0.553. The summed E-state index contributed by atoms with van der Waals surface area (Å²) >= 11 is 0. The maximum Gasteiger partial charge on any atom is 0.334 e. The third-order valence-corrected chi connectivity index (χ3v) is 2.79. The molecule has 2 unspecified atom stereocenters. The van der Waals surface area contributed by atoms with E-state index in [0.29, 0.717) is 6.42 Å². The van der Waals surface area contributed by atoms with E-state index in [0.717, 1.165) is 0 Å². The number of rotatable bonds is 7. The Bertz CT molecular complexity index is 251. The first-order valence-corrected chi connectivity index (χ1v) is 5.15. The maximum atomic E-state index is 11.7. The van der Waals surface area contributed by atoms with Crippen LogP contribution < -0.4 is 11.1 Å². The first-order valence-electron chi connectivity index (χ1n) is 5.15. The van der Waals surface area contributed by atoms with Crippen molar-refractivity contribution in [3.05, 3.63) is 0 Å². The fourth-order valence-electron chi connectivity index (χ4n) is 1.07. The van der Waals surface area contributed by atoms with Crippen molar-refractivity contribution < 1.29 is 19.4 Å². The van der Waals surface area contributed by atoms with Crippen LogP contribution in [0.5, 0.6) is 0 Å². The standard InChI is InChI=1S/C10H20N2O4/c1-4-10(2,6-11)9(15)12-5-7(16-3)8(13)14/h7H,4-6,11H2,1-3H3,(H,12,15)(H,13,14). The van der Waals surface area contributed by atoms with Crippen molar-refractivity contribution in [3.8, 4) is 0 Å². The number of aliphatic carboxylic acids is 1. The lowest BCUT2D eigenvalue weighted by atomic mass is 9.86. The van der Waals surface area contributed by atoms with Gasteiger partial charge in [0, 0.05) is 13.7 Å².